The molecule has 3 nitrogen and oxygen atoms in total. The summed E-state index contributed by atoms with van der Waals surface area (Å²) >= 11 is 6.92. The SMILES string of the molecule is CN(Cc1ccccc1)C(=O)CSC(=S)N1CCCCC1. The third-order valence-corrected chi connectivity index (χ3v) is 5.13. The van der Waals surface area contributed by atoms with Gasteiger partial charge in [-0.3, -0.25) is 4.79 Å². The Morgan fingerprint density at radius 3 is 2.57 bits per heavy atom. The Hall–Kier alpha value is -1.07. The molecular formula is C16H22N2OS2. The number of hydrogen-bond acceptors (Lipinski definition) is 3. The first-order valence-corrected chi connectivity index (χ1v) is 8.76. The zero-order valence-electron chi connectivity index (χ0n) is 12.5. The van der Waals surface area contributed by atoms with Crippen LogP contribution in [0.4, 0.5) is 0 Å². The highest BCUT2D eigenvalue weighted by Crippen LogP contribution is 2.16. The maximum atomic E-state index is 12.2. The molecule has 1 aromatic rings. The van der Waals surface area contributed by atoms with E-state index in [1.807, 2.05) is 37.4 Å². The molecule has 0 aliphatic carbocycles. The van der Waals surface area contributed by atoms with Crippen molar-refractivity contribution >= 4 is 34.2 Å². The van der Waals surface area contributed by atoms with Crippen LogP contribution in [0.2, 0.25) is 0 Å². The quantitative estimate of drug-likeness (QED) is 0.795. The van der Waals surface area contributed by atoms with Crippen LogP contribution in [0, 0.1) is 0 Å². The van der Waals surface area contributed by atoms with Gasteiger partial charge in [0, 0.05) is 26.7 Å². The molecule has 1 heterocycles. The van der Waals surface area contributed by atoms with E-state index in [0.717, 1.165) is 23.0 Å². The number of thioether (sulfide) groups is 1. The second-order valence-corrected chi connectivity index (χ2v) is 6.95. The van der Waals surface area contributed by atoms with E-state index in [0.29, 0.717) is 12.3 Å². The topological polar surface area (TPSA) is 23.6 Å². The van der Waals surface area contributed by atoms with Crippen LogP contribution < -0.4 is 0 Å². The van der Waals surface area contributed by atoms with Gasteiger partial charge in [-0.15, -0.1) is 0 Å². The molecule has 0 bridgehead atoms. The number of benzene rings is 1. The van der Waals surface area contributed by atoms with Crippen LogP contribution in [0.25, 0.3) is 0 Å². The van der Waals surface area contributed by atoms with Gasteiger partial charge >= 0.3 is 0 Å². The van der Waals surface area contributed by atoms with Crippen molar-refractivity contribution in [2.45, 2.75) is 25.8 Å². The van der Waals surface area contributed by atoms with Crippen LogP contribution in [0.15, 0.2) is 30.3 Å². The number of carbonyl (C=O) groups is 1. The van der Waals surface area contributed by atoms with Crippen LogP contribution in [0.1, 0.15) is 24.8 Å². The maximum Gasteiger partial charge on any atom is 0.233 e. The van der Waals surface area contributed by atoms with E-state index in [1.54, 1.807) is 4.90 Å². The van der Waals surface area contributed by atoms with Gasteiger partial charge in [0.1, 0.15) is 4.32 Å². The highest BCUT2D eigenvalue weighted by atomic mass is 32.2. The molecule has 114 valence electrons. The number of nitrogens with zero attached hydrogens (tertiary/aromatic N) is 2. The van der Waals surface area contributed by atoms with E-state index < -0.39 is 0 Å². The van der Waals surface area contributed by atoms with Crippen LogP contribution in [0.3, 0.4) is 0 Å². The van der Waals surface area contributed by atoms with Crippen molar-refractivity contribution < 1.29 is 4.79 Å². The lowest BCUT2D eigenvalue weighted by Crippen LogP contribution is -2.34. The number of hydrogen-bond donors (Lipinski definition) is 0. The average Bonchev–Trinajstić information content (AvgIpc) is 2.54. The summed E-state index contributed by atoms with van der Waals surface area (Å²) < 4.78 is 0.871. The summed E-state index contributed by atoms with van der Waals surface area (Å²) in [4.78, 5) is 16.2. The molecule has 0 aromatic heterocycles. The van der Waals surface area contributed by atoms with Gasteiger partial charge in [0.25, 0.3) is 0 Å². The van der Waals surface area contributed by atoms with E-state index in [9.17, 15) is 4.79 Å². The molecule has 0 unspecified atom stereocenters. The number of rotatable bonds is 4. The second kappa shape index (κ2) is 8.39. The second-order valence-electron chi connectivity index (χ2n) is 5.34. The number of amides is 1. The third kappa shape index (κ3) is 5.32. The molecule has 1 aliphatic rings. The van der Waals surface area contributed by atoms with Gasteiger partial charge in [-0.2, -0.15) is 0 Å². The Morgan fingerprint density at radius 1 is 1.24 bits per heavy atom. The summed E-state index contributed by atoms with van der Waals surface area (Å²) in [7, 11) is 1.85. The molecule has 0 spiro atoms. The molecule has 0 saturated carbocycles. The minimum absolute atomic E-state index is 0.128. The van der Waals surface area contributed by atoms with Crippen molar-refractivity contribution in [1.29, 1.82) is 0 Å². The maximum absolute atomic E-state index is 12.2. The zero-order chi connectivity index (χ0) is 15.1. The summed E-state index contributed by atoms with van der Waals surface area (Å²) in [6.07, 6.45) is 3.72. The van der Waals surface area contributed by atoms with E-state index in [2.05, 4.69) is 4.90 Å². The van der Waals surface area contributed by atoms with Crippen LogP contribution in [-0.2, 0) is 11.3 Å². The molecule has 1 aromatic carbocycles. The van der Waals surface area contributed by atoms with E-state index in [4.69, 9.17) is 12.2 Å². The van der Waals surface area contributed by atoms with Gasteiger partial charge in [-0.1, -0.05) is 54.3 Å². The van der Waals surface area contributed by atoms with Gasteiger partial charge in [0.2, 0.25) is 5.91 Å². The van der Waals surface area contributed by atoms with Crippen LogP contribution in [0.5, 0.6) is 0 Å². The first kappa shape index (κ1) is 16.3. The fourth-order valence-electron chi connectivity index (χ4n) is 2.35. The fourth-order valence-corrected chi connectivity index (χ4v) is 3.54. The van der Waals surface area contributed by atoms with Crippen LogP contribution >= 0.6 is 24.0 Å². The minimum Gasteiger partial charge on any atom is -0.358 e. The van der Waals surface area contributed by atoms with Crippen molar-refractivity contribution in [2.24, 2.45) is 0 Å². The molecule has 0 atom stereocenters. The Morgan fingerprint density at radius 2 is 1.90 bits per heavy atom. The molecule has 0 N–H and O–H groups in total. The van der Waals surface area contributed by atoms with Gasteiger partial charge in [0.15, 0.2) is 0 Å². The number of piperidine rings is 1. The lowest BCUT2D eigenvalue weighted by molar-refractivity contribution is -0.127. The van der Waals surface area contributed by atoms with E-state index in [1.165, 1.54) is 31.0 Å². The van der Waals surface area contributed by atoms with Crippen molar-refractivity contribution in [3.8, 4) is 0 Å². The van der Waals surface area contributed by atoms with Gasteiger partial charge in [-0.25, -0.2) is 0 Å². The summed E-state index contributed by atoms with van der Waals surface area (Å²) in [5.41, 5.74) is 1.15. The van der Waals surface area contributed by atoms with Gasteiger partial charge < -0.3 is 9.80 Å². The van der Waals surface area contributed by atoms with E-state index in [-0.39, 0.29) is 5.91 Å². The molecule has 1 amide bonds. The predicted octanol–water partition coefficient (Wildman–Crippen LogP) is 3.15. The largest absolute Gasteiger partial charge is 0.358 e. The molecule has 0 radical (unpaired) electrons. The first-order chi connectivity index (χ1) is 10.2. The van der Waals surface area contributed by atoms with Gasteiger partial charge in [-0.05, 0) is 24.8 Å². The average molecular weight is 322 g/mol. The summed E-state index contributed by atoms with van der Waals surface area (Å²) in [6.45, 7) is 2.73. The number of thiocarbonyl (C=S) groups is 1. The minimum atomic E-state index is 0.128. The highest BCUT2D eigenvalue weighted by Gasteiger charge is 2.16. The Bertz CT molecular complexity index is 472. The van der Waals surface area contributed by atoms with Crippen molar-refractivity contribution in [1.82, 2.24) is 9.80 Å². The Labute approximate surface area is 136 Å². The zero-order valence-corrected chi connectivity index (χ0v) is 14.1. The molecular weight excluding hydrogens is 300 g/mol. The highest BCUT2D eigenvalue weighted by molar-refractivity contribution is 8.23. The normalized spacial score (nSPS) is 14.8. The third-order valence-electron chi connectivity index (χ3n) is 3.62. The first-order valence-electron chi connectivity index (χ1n) is 7.36. The number of carbonyl (C=O) groups excluding carboxylic acids is 1. The van der Waals surface area contributed by atoms with Crippen molar-refractivity contribution in [3.63, 3.8) is 0 Å². The summed E-state index contributed by atoms with van der Waals surface area (Å²) in [5.74, 6) is 0.557. The predicted molar refractivity (Wildman–Crippen MR) is 93.4 cm³/mol. The van der Waals surface area contributed by atoms with Gasteiger partial charge in [0.05, 0.1) is 5.75 Å². The van der Waals surface area contributed by atoms with Crippen LogP contribution in [-0.4, -0.2) is 45.9 Å². The van der Waals surface area contributed by atoms with E-state index >= 15 is 0 Å². The summed E-state index contributed by atoms with van der Waals surface area (Å²) in [5, 5.41) is 0. The van der Waals surface area contributed by atoms with Crippen molar-refractivity contribution in [2.75, 3.05) is 25.9 Å². The lowest BCUT2D eigenvalue weighted by atomic mass is 10.1. The smallest absolute Gasteiger partial charge is 0.233 e. The fraction of sp³-hybridized carbons (Fsp3) is 0.500. The standard InChI is InChI=1S/C16H22N2OS2/c1-17(12-14-8-4-2-5-9-14)15(19)13-21-16(20)18-10-6-3-7-11-18/h2,4-5,8-9H,3,6-7,10-13H2,1H3. The summed E-state index contributed by atoms with van der Waals surface area (Å²) in [6, 6.07) is 10.0. The molecule has 1 saturated heterocycles. The number of likely N-dealkylation sites (tertiary alicyclic amines) is 1. The monoisotopic (exact) mass is 322 g/mol. The van der Waals surface area contributed by atoms with Crippen molar-refractivity contribution in [3.05, 3.63) is 35.9 Å². The molecule has 1 aliphatic heterocycles. The molecule has 21 heavy (non-hydrogen) atoms. The Balaban J connectivity index is 1.74. The lowest BCUT2D eigenvalue weighted by Gasteiger charge is -2.28. The Kier molecular flexibility index (Phi) is 6.51. The molecule has 5 heteroatoms. The molecule has 1 fully saturated rings. The molecule has 2 rings (SSSR count).